The lowest BCUT2D eigenvalue weighted by atomic mass is 9.84. The molecule has 1 saturated heterocycles. The molecule has 170 valence electrons. The van der Waals surface area contributed by atoms with Crippen LogP contribution in [0.1, 0.15) is 66.8 Å². The van der Waals surface area contributed by atoms with Crippen LogP contribution in [0.3, 0.4) is 0 Å². The monoisotopic (exact) mass is 436 g/mol. The highest BCUT2D eigenvalue weighted by Crippen LogP contribution is 2.33. The van der Waals surface area contributed by atoms with Gasteiger partial charge in [0, 0.05) is 13.2 Å². The molecule has 0 aromatic heterocycles. The van der Waals surface area contributed by atoms with Crippen molar-refractivity contribution in [3.05, 3.63) is 59.7 Å². The maximum atomic E-state index is 12.6. The second kappa shape index (κ2) is 11.1. The summed E-state index contributed by atoms with van der Waals surface area (Å²) in [6.07, 6.45) is 8.50. The third-order valence-corrected chi connectivity index (χ3v) is 6.29. The van der Waals surface area contributed by atoms with Crippen molar-refractivity contribution in [2.45, 2.75) is 57.0 Å². The van der Waals surface area contributed by atoms with Crippen molar-refractivity contribution in [1.29, 1.82) is 0 Å². The summed E-state index contributed by atoms with van der Waals surface area (Å²) in [4.78, 5) is 25.1. The van der Waals surface area contributed by atoms with E-state index in [0.717, 1.165) is 19.4 Å². The Morgan fingerprint density at radius 3 is 2.47 bits per heavy atom. The zero-order valence-electron chi connectivity index (χ0n) is 18.5. The van der Waals surface area contributed by atoms with Crippen molar-refractivity contribution < 1.29 is 19.1 Å². The molecular weight excluding hydrogens is 404 g/mol. The third kappa shape index (κ3) is 6.10. The molecule has 2 N–H and O–H groups in total. The minimum atomic E-state index is -0.305. The van der Waals surface area contributed by atoms with Crippen LogP contribution in [-0.4, -0.2) is 37.7 Å². The number of carbonyl (C=O) groups excluding carboxylic acids is 2. The first-order valence-electron chi connectivity index (χ1n) is 11.7. The number of benzene rings is 2. The highest BCUT2D eigenvalue weighted by Gasteiger charge is 2.19. The summed E-state index contributed by atoms with van der Waals surface area (Å²) in [6, 6.07) is 15.1. The molecule has 1 saturated carbocycles. The number of hydrogen-bond donors (Lipinski definition) is 2. The highest BCUT2D eigenvalue weighted by molar-refractivity contribution is 6.04. The average molecular weight is 437 g/mol. The minimum absolute atomic E-state index is 0.0682. The predicted octanol–water partition coefficient (Wildman–Crippen LogP) is 4.66. The van der Waals surface area contributed by atoms with Gasteiger partial charge in [0.25, 0.3) is 11.8 Å². The normalized spacial score (nSPS) is 18.8. The molecular formula is C26H32N2O4. The molecule has 2 fully saturated rings. The van der Waals surface area contributed by atoms with Crippen molar-refractivity contribution in [3.63, 3.8) is 0 Å². The molecule has 2 aromatic carbocycles. The van der Waals surface area contributed by atoms with Gasteiger partial charge in [-0.15, -0.1) is 0 Å². The second-order valence-electron chi connectivity index (χ2n) is 8.63. The summed E-state index contributed by atoms with van der Waals surface area (Å²) in [5.74, 6) is 0.780. The zero-order chi connectivity index (χ0) is 22.2. The molecule has 4 rings (SSSR count). The van der Waals surface area contributed by atoms with Crippen LogP contribution in [0.2, 0.25) is 0 Å². The largest absolute Gasteiger partial charge is 0.484 e. The summed E-state index contributed by atoms with van der Waals surface area (Å²) < 4.78 is 11.2. The Morgan fingerprint density at radius 1 is 0.938 bits per heavy atom. The number of amides is 2. The van der Waals surface area contributed by atoms with E-state index in [-0.39, 0.29) is 24.5 Å². The molecule has 6 nitrogen and oxygen atoms in total. The van der Waals surface area contributed by atoms with Gasteiger partial charge in [-0.3, -0.25) is 9.59 Å². The highest BCUT2D eigenvalue weighted by atomic mass is 16.5. The summed E-state index contributed by atoms with van der Waals surface area (Å²) in [5, 5.41) is 5.69. The van der Waals surface area contributed by atoms with Crippen LogP contribution in [-0.2, 0) is 9.53 Å². The minimum Gasteiger partial charge on any atom is -0.484 e. The quantitative estimate of drug-likeness (QED) is 0.631. The Bertz CT molecular complexity index is 900. The maximum absolute atomic E-state index is 12.6. The molecule has 0 radical (unpaired) electrons. The molecule has 1 aliphatic heterocycles. The molecule has 2 amide bonds. The number of ether oxygens (including phenoxy) is 2. The Morgan fingerprint density at radius 2 is 1.72 bits per heavy atom. The first-order chi connectivity index (χ1) is 15.7. The molecule has 2 aromatic rings. The van der Waals surface area contributed by atoms with Crippen LogP contribution >= 0.6 is 0 Å². The van der Waals surface area contributed by atoms with E-state index in [1.54, 1.807) is 24.3 Å². The molecule has 1 aliphatic carbocycles. The number of carbonyl (C=O) groups is 2. The molecule has 6 heteroatoms. The lowest BCUT2D eigenvalue weighted by molar-refractivity contribution is -0.118. The lowest BCUT2D eigenvalue weighted by Crippen LogP contribution is -2.32. The van der Waals surface area contributed by atoms with Gasteiger partial charge in [0.05, 0.1) is 17.4 Å². The van der Waals surface area contributed by atoms with Gasteiger partial charge >= 0.3 is 0 Å². The van der Waals surface area contributed by atoms with E-state index < -0.39 is 0 Å². The van der Waals surface area contributed by atoms with Crippen molar-refractivity contribution in [3.8, 4) is 5.75 Å². The number of anilines is 1. The molecule has 0 spiro atoms. The Balaban J connectivity index is 1.28. The van der Waals surface area contributed by atoms with Crippen molar-refractivity contribution in [1.82, 2.24) is 5.32 Å². The number of para-hydroxylation sites is 1. The van der Waals surface area contributed by atoms with Gasteiger partial charge in [-0.05, 0) is 61.4 Å². The van der Waals surface area contributed by atoms with Gasteiger partial charge in [-0.2, -0.15) is 0 Å². The van der Waals surface area contributed by atoms with Gasteiger partial charge < -0.3 is 20.1 Å². The molecule has 1 heterocycles. The van der Waals surface area contributed by atoms with E-state index in [4.69, 9.17) is 9.47 Å². The summed E-state index contributed by atoms with van der Waals surface area (Å²) in [7, 11) is 0. The summed E-state index contributed by atoms with van der Waals surface area (Å²) in [6.45, 7) is 1.10. The topological polar surface area (TPSA) is 76.7 Å². The fourth-order valence-corrected chi connectivity index (χ4v) is 4.50. The fourth-order valence-electron chi connectivity index (χ4n) is 4.50. The Labute approximate surface area is 189 Å². The van der Waals surface area contributed by atoms with Gasteiger partial charge in [-0.1, -0.05) is 43.5 Å². The van der Waals surface area contributed by atoms with Crippen molar-refractivity contribution in [2.24, 2.45) is 0 Å². The van der Waals surface area contributed by atoms with E-state index in [1.807, 2.05) is 12.1 Å². The van der Waals surface area contributed by atoms with E-state index in [0.29, 0.717) is 29.5 Å². The van der Waals surface area contributed by atoms with E-state index in [2.05, 4.69) is 22.8 Å². The SMILES string of the molecule is O=C(COc1ccc(C2CCCCC2)cc1)Nc1ccccc1C(=O)NCC1CCCO1. The molecule has 1 unspecified atom stereocenters. The van der Waals surface area contributed by atoms with Crippen LogP contribution in [0.25, 0.3) is 0 Å². The lowest BCUT2D eigenvalue weighted by Gasteiger charge is -2.22. The Kier molecular flexibility index (Phi) is 7.77. The standard InChI is InChI=1S/C26H32N2O4/c29-25(18-32-21-14-12-20(13-15-21)19-7-2-1-3-8-19)28-24-11-5-4-10-23(24)26(30)27-17-22-9-6-16-31-22/h4-5,10-15,19,22H,1-3,6-9,16-18H2,(H,27,30)(H,28,29). The molecule has 2 aliphatic rings. The van der Waals surface area contributed by atoms with E-state index in [9.17, 15) is 9.59 Å². The van der Waals surface area contributed by atoms with Crippen LogP contribution < -0.4 is 15.4 Å². The summed E-state index contributed by atoms with van der Waals surface area (Å²) >= 11 is 0. The average Bonchev–Trinajstić information content (AvgIpc) is 3.36. The van der Waals surface area contributed by atoms with Crippen molar-refractivity contribution >= 4 is 17.5 Å². The third-order valence-electron chi connectivity index (χ3n) is 6.29. The fraction of sp³-hybridized carbons (Fsp3) is 0.462. The predicted molar refractivity (Wildman–Crippen MR) is 124 cm³/mol. The van der Waals surface area contributed by atoms with Crippen molar-refractivity contribution in [2.75, 3.05) is 25.1 Å². The van der Waals surface area contributed by atoms with Crippen LogP contribution in [0.5, 0.6) is 5.75 Å². The number of rotatable bonds is 8. The van der Waals surface area contributed by atoms with Crippen LogP contribution in [0.4, 0.5) is 5.69 Å². The van der Waals surface area contributed by atoms with E-state index >= 15 is 0 Å². The van der Waals surface area contributed by atoms with Crippen LogP contribution in [0, 0.1) is 0 Å². The first kappa shape index (κ1) is 22.3. The van der Waals surface area contributed by atoms with Gasteiger partial charge in [0.2, 0.25) is 0 Å². The molecule has 1 atom stereocenters. The Hall–Kier alpha value is -2.86. The van der Waals surface area contributed by atoms with Gasteiger partial charge in [0.15, 0.2) is 6.61 Å². The molecule has 0 bridgehead atoms. The maximum Gasteiger partial charge on any atom is 0.262 e. The smallest absolute Gasteiger partial charge is 0.262 e. The second-order valence-corrected chi connectivity index (χ2v) is 8.63. The van der Waals surface area contributed by atoms with Gasteiger partial charge in [-0.25, -0.2) is 0 Å². The summed E-state index contributed by atoms with van der Waals surface area (Å²) in [5.41, 5.74) is 2.25. The number of hydrogen-bond acceptors (Lipinski definition) is 4. The first-order valence-corrected chi connectivity index (χ1v) is 11.7. The zero-order valence-corrected chi connectivity index (χ0v) is 18.5. The van der Waals surface area contributed by atoms with Crippen LogP contribution in [0.15, 0.2) is 48.5 Å². The van der Waals surface area contributed by atoms with E-state index in [1.165, 1.54) is 37.7 Å². The number of nitrogens with one attached hydrogen (secondary N) is 2. The molecule has 32 heavy (non-hydrogen) atoms. The van der Waals surface area contributed by atoms with Gasteiger partial charge in [0.1, 0.15) is 5.75 Å².